The molecule has 1 aliphatic rings. The van der Waals surface area contributed by atoms with Crippen molar-refractivity contribution in [2.24, 2.45) is 11.8 Å². The number of nitrogens with zero attached hydrogens (tertiary/aromatic N) is 1. The van der Waals surface area contributed by atoms with Crippen LogP contribution in [0.5, 0.6) is 5.75 Å². The van der Waals surface area contributed by atoms with Gasteiger partial charge in [0, 0.05) is 24.5 Å². The van der Waals surface area contributed by atoms with Crippen molar-refractivity contribution in [2.45, 2.75) is 45.6 Å². The van der Waals surface area contributed by atoms with Crippen molar-refractivity contribution < 1.29 is 14.6 Å². The van der Waals surface area contributed by atoms with Gasteiger partial charge < -0.3 is 14.7 Å². The molecule has 0 bridgehead atoms. The molecule has 1 fully saturated rings. The van der Waals surface area contributed by atoms with Crippen molar-refractivity contribution in [3.63, 3.8) is 0 Å². The van der Waals surface area contributed by atoms with Crippen molar-refractivity contribution in [1.29, 1.82) is 0 Å². The number of ether oxygens (including phenoxy) is 1. The number of rotatable bonds is 8. The average Bonchev–Trinajstić information content (AvgIpc) is 2.76. The van der Waals surface area contributed by atoms with Crippen molar-refractivity contribution in [2.75, 3.05) is 13.7 Å². The van der Waals surface area contributed by atoms with E-state index in [1.807, 2.05) is 31.2 Å². The highest BCUT2D eigenvalue weighted by molar-refractivity contribution is 7.80. The Kier molecular flexibility index (Phi) is 8.33. The van der Waals surface area contributed by atoms with Crippen molar-refractivity contribution >= 4 is 34.8 Å². The van der Waals surface area contributed by atoms with Gasteiger partial charge >= 0.3 is 5.97 Å². The molecule has 0 unspecified atom stereocenters. The summed E-state index contributed by atoms with van der Waals surface area (Å²) in [5.41, 5.74) is 3.33. The number of thiocarbonyl (C=S) groups is 1. The quantitative estimate of drug-likeness (QED) is 0.496. The Bertz CT molecular complexity index is 907. The maximum absolute atomic E-state index is 11.3. The minimum absolute atomic E-state index is 0.201. The van der Waals surface area contributed by atoms with E-state index in [9.17, 15) is 9.90 Å². The Morgan fingerprint density at radius 2 is 1.77 bits per heavy atom. The maximum atomic E-state index is 11.3. The summed E-state index contributed by atoms with van der Waals surface area (Å²) in [5, 5.41) is 10.0. The monoisotopic (exact) mass is 459 g/mol. The zero-order valence-electron chi connectivity index (χ0n) is 18.1. The lowest BCUT2D eigenvalue weighted by Gasteiger charge is -2.33. The van der Waals surface area contributed by atoms with Crippen LogP contribution in [0.4, 0.5) is 0 Å². The van der Waals surface area contributed by atoms with Crippen LogP contribution >= 0.6 is 23.8 Å². The topological polar surface area (TPSA) is 49.8 Å². The number of carboxylic acids is 1. The Morgan fingerprint density at radius 3 is 2.35 bits per heavy atom. The van der Waals surface area contributed by atoms with Crippen LogP contribution in [0.25, 0.3) is 0 Å². The predicted octanol–water partition coefficient (Wildman–Crippen LogP) is 5.92. The van der Waals surface area contributed by atoms with E-state index in [1.54, 1.807) is 7.11 Å². The van der Waals surface area contributed by atoms with Crippen LogP contribution in [0.15, 0.2) is 42.5 Å². The van der Waals surface area contributed by atoms with Gasteiger partial charge in [-0.1, -0.05) is 48.1 Å². The molecule has 6 heteroatoms. The van der Waals surface area contributed by atoms with Crippen molar-refractivity contribution in [1.82, 2.24) is 4.90 Å². The molecule has 2 aromatic rings. The summed E-state index contributed by atoms with van der Waals surface area (Å²) in [7, 11) is 1.66. The second kappa shape index (κ2) is 11.0. The number of methoxy groups -OCH3 is 1. The molecule has 1 aliphatic carbocycles. The van der Waals surface area contributed by atoms with E-state index in [-0.39, 0.29) is 5.92 Å². The summed E-state index contributed by atoms with van der Waals surface area (Å²) in [5.74, 6) is 0.417. The van der Waals surface area contributed by atoms with Crippen LogP contribution in [0.3, 0.4) is 0 Å². The second-order valence-electron chi connectivity index (χ2n) is 8.44. The van der Waals surface area contributed by atoms with E-state index in [4.69, 9.17) is 28.6 Å². The van der Waals surface area contributed by atoms with Gasteiger partial charge in [0.15, 0.2) is 0 Å². The van der Waals surface area contributed by atoms with E-state index in [2.05, 4.69) is 23.1 Å². The Balaban J connectivity index is 1.71. The van der Waals surface area contributed by atoms with Crippen molar-refractivity contribution in [3.05, 3.63) is 64.2 Å². The lowest BCUT2D eigenvalue weighted by atomic mass is 9.82. The summed E-state index contributed by atoms with van der Waals surface area (Å²) < 4.78 is 5.27. The molecule has 166 valence electrons. The van der Waals surface area contributed by atoms with Crippen LogP contribution < -0.4 is 4.74 Å². The highest BCUT2D eigenvalue weighted by Crippen LogP contribution is 2.30. The van der Waals surface area contributed by atoms with E-state index in [1.165, 1.54) is 5.56 Å². The minimum Gasteiger partial charge on any atom is -0.497 e. The third-order valence-electron chi connectivity index (χ3n) is 6.15. The van der Waals surface area contributed by atoms with Gasteiger partial charge in [0.25, 0.3) is 0 Å². The van der Waals surface area contributed by atoms with Crippen molar-refractivity contribution in [3.8, 4) is 5.75 Å². The SMILES string of the molecule is COc1ccc(CN(CC2CCC(C(=O)O)CC2)C(=S)Cc2ccc(C)c(Cl)c2)cc1. The fourth-order valence-corrected chi connectivity index (χ4v) is 4.65. The molecule has 4 nitrogen and oxygen atoms in total. The maximum Gasteiger partial charge on any atom is 0.306 e. The molecule has 0 spiro atoms. The molecule has 2 aromatic carbocycles. The number of aryl methyl sites for hydroxylation is 1. The van der Waals surface area contributed by atoms with Gasteiger partial charge in [0.2, 0.25) is 0 Å². The number of aliphatic carboxylic acids is 1. The first-order valence-electron chi connectivity index (χ1n) is 10.7. The summed E-state index contributed by atoms with van der Waals surface area (Å²) >= 11 is 12.2. The highest BCUT2D eigenvalue weighted by atomic mass is 35.5. The fourth-order valence-electron chi connectivity index (χ4n) is 4.14. The molecule has 0 atom stereocenters. The van der Waals surface area contributed by atoms with E-state index >= 15 is 0 Å². The first-order valence-corrected chi connectivity index (χ1v) is 11.5. The Hall–Kier alpha value is -2.11. The Morgan fingerprint density at radius 1 is 1.13 bits per heavy atom. The number of carboxylic acid groups (broad SMARTS) is 1. The summed E-state index contributed by atoms with van der Waals surface area (Å²) in [4.78, 5) is 14.4. The predicted molar refractivity (Wildman–Crippen MR) is 129 cm³/mol. The number of carbonyl (C=O) groups is 1. The minimum atomic E-state index is -0.666. The number of benzene rings is 2. The van der Waals surface area contributed by atoms with Crippen LogP contribution in [0.2, 0.25) is 5.02 Å². The van der Waals surface area contributed by atoms with Gasteiger partial charge in [-0.3, -0.25) is 4.79 Å². The molecule has 0 aliphatic heterocycles. The molecule has 3 rings (SSSR count). The zero-order chi connectivity index (χ0) is 22.4. The van der Waals surface area contributed by atoms with Gasteiger partial charge in [-0.25, -0.2) is 0 Å². The highest BCUT2D eigenvalue weighted by Gasteiger charge is 2.27. The van der Waals surface area contributed by atoms with E-state index in [0.29, 0.717) is 12.3 Å². The summed E-state index contributed by atoms with van der Waals surface area (Å²) in [6, 6.07) is 14.2. The standard InChI is InChI=1S/C25H30ClNO3S/c1-17-3-4-20(13-23(17)26)14-24(31)27(16-19-7-11-22(30-2)12-8-19)15-18-5-9-21(10-6-18)25(28)29/h3-4,7-8,11-13,18,21H,5-6,9-10,14-16H2,1-2H3,(H,28,29). The van der Waals surface area contributed by atoms with Gasteiger partial charge in [0.05, 0.1) is 18.0 Å². The number of hydrogen-bond donors (Lipinski definition) is 1. The molecule has 0 saturated heterocycles. The average molecular weight is 460 g/mol. The van der Waals surface area contributed by atoms with Gasteiger partial charge in [0.1, 0.15) is 5.75 Å². The van der Waals surface area contributed by atoms with Crippen LogP contribution in [-0.2, 0) is 17.8 Å². The number of hydrogen-bond acceptors (Lipinski definition) is 3. The smallest absolute Gasteiger partial charge is 0.306 e. The molecule has 0 amide bonds. The van der Waals surface area contributed by atoms with Gasteiger partial charge in [-0.05, 0) is 73.4 Å². The fraction of sp³-hybridized carbons (Fsp3) is 0.440. The number of halogens is 1. The van der Waals surface area contributed by atoms with E-state index in [0.717, 1.165) is 65.7 Å². The van der Waals surface area contributed by atoms with Crippen LogP contribution in [-0.4, -0.2) is 34.6 Å². The Labute approximate surface area is 195 Å². The molecular weight excluding hydrogens is 430 g/mol. The summed E-state index contributed by atoms with van der Waals surface area (Å²) in [6.45, 7) is 3.56. The second-order valence-corrected chi connectivity index (χ2v) is 9.32. The largest absolute Gasteiger partial charge is 0.497 e. The van der Waals surface area contributed by atoms with Crippen LogP contribution in [0, 0.1) is 18.8 Å². The molecule has 1 saturated carbocycles. The molecule has 0 heterocycles. The molecule has 0 aromatic heterocycles. The molecular formula is C25H30ClNO3S. The third kappa shape index (κ3) is 6.68. The first kappa shape index (κ1) is 23.6. The first-order chi connectivity index (χ1) is 14.9. The molecule has 0 radical (unpaired) electrons. The van der Waals surface area contributed by atoms with Gasteiger partial charge in [-0.15, -0.1) is 0 Å². The van der Waals surface area contributed by atoms with Crippen LogP contribution in [0.1, 0.15) is 42.4 Å². The lowest BCUT2D eigenvalue weighted by Crippen LogP contribution is -2.36. The lowest BCUT2D eigenvalue weighted by molar-refractivity contribution is -0.143. The van der Waals surface area contributed by atoms with Gasteiger partial charge in [-0.2, -0.15) is 0 Å². The normalized spacial score (nSPS) is 18.4. The van der Waals surface area contributed by atoms with E-state index < -0.39 is 5.97 Å². The summed E-state index contributed by atoms with van der Waals surface area (Å²) in [6.07, 6.45) is 4.01. The molecule has 31 heavy (non-hydrogen) atoms. The third-order valence-corrected chi connectivity index (χ3v) is 6.96. The zero-order valence-corrected chi connectivity index (χ0v) is 19.7. The molecule has 1 N–H and O–H groups in total.